The first kappa shape index (κ1) is 23.5. The van der Waals surface area contributed by atoms with Gasteiger partial charge in [0.05, 0.1) is 31.5 Å². The molecule has 0 atom stereocenters. The first-order valence-corrected chi connectivity index (χ1v) is 10.5. The van der Waals surface area contributed by atoms with E-state index in [1.165, 1.54) is 0 Å². The Morgan fingerprint density at radius 1 is 0.793 bits per heavy atom. The number of benzene rings is 2. The van der Waals surface area contributed by atoms with Crippen molar-refractivity contribution >= 4 is 10.8 Å². The van der Waals surface area contributed by atoms with Crippen molar-refractivity contribution < 1.29 is 23.7 Å². The van der Waals surface area contributed by atoms with E-state index in [0.717, 1.165) is 35.3 Å². The molecular weight excluding hydrogens is 368 g/mol. The van der Waals surface area contributed by atoms with Crippen molar-refractivity contribution in [2.24, 2.45) is 0 Å². The summed E-state index contributed by atoms with van der Waals surface area (Å²) in [6.45, 7) is 13.6. The quantitative estimate of drug-likeness (QED) is 0.403. The first-order valence-electron chi connectivity index (χ1n) is 10.5. The Balaban J connectivity index is 1.87. The van der Waals surface area contributed by atoms with Crippen molar-refractivity contribution in [3.63, 3.8) is 0 Å². The highest BCUT2D eigenvalue weighted by Crippen LogP contribution is 2.32. The summed E-state index contributed by atoms with van der Waals surface area (Å²) >= 11 is 0. The smallest absolute Gasteiger partial charge is 0.127 e. The molecule has 2 aromatic rings. The SMILES string of the molecule is CCCOC(C)(C)COCCOc1cccc2c(OCCOC(C)C)cccc12. The lowest BCUT2D eigenvalue weighted by Gasteiger charge is -2.25. The van der Waals surface area contributed by atoms with Gasteiger partial charge < -0.3 is 23.7 Å². The summed E-state index contributed by atoms with van der Waals surface area (Å²) < 4.78 is 29.0. The molecule has 29 heavy (non-hydrogen) atoms. The van der Waals surface area contributed by atoms with Gasteiger partial charge in [-0.1, -0.05) is 31.2 Å². The third kappa shape index (κ3) is 8.21. The van der Waals surface area contributed by atoms with Crippen molar-refractivity contribution in [1.29, 1.82) is 0 Å². The molecule has 0 aliphatic heterocycles. The topological polar surface area (TPSA) is 46.2 Å². The van der Waals surface area contributed by atoms with Crippen LogP contribution in [-0.4, -0.2) is 51.3 Å². The molecule has 2 aromatic carbocycles. The average Bonchev–Trinajstić information content (AvgIpc) is 2.69. The highest BCUT2D eigenvalue weighted by atomic mass is 16.6. The van der Waals surface area contributed by atoms with E-state index in [4.69, 9.17) is 23.7 Å². The minimum Gasteiger partial charge on any atom is -0.491 e. The van der Waals surface area contributed by atoms with E-state index in [1.807, 2.05) is 64.1 Å². The van der Waals surface area contributed by atoms with Gasteiger partial charge in [-0.25, -0.2) is 0 Å². The van der Waals surface area contributed by atoms with Crippen molar-refractivity contribution in [1.82, 2.24) is 0 Å². The predicted molar refractivity (Wildman–Crippen MR) is 117 cm³/mol. The van der Waals surface area contributed by atoms with E-state index in [2.05, 4.69) is 6.92 Å². The number of ether oxygens (including phenoxy) is 5. The number of hydrogen-bond donors (Lipinski definition) is 0. The van der Waals surface area contributed by atoms with Crippen LogP contribution in [0.4, 0.5) is 0 Å². The van der Waals surface area contributed by atoms with Crippen molar-refractivity contribution in [3.8, 4) is 11.5 Å². The van der Waals surface area contributed by atoms with Crippen LogP contribution in [0.1, 0.15) is 41.0 Å². The van der Waals surface area contributed by atoms with Gasteiger partial charge in [-0.3, -0.25) is 0 Å². The fourth-order valence-corrected chi connectivity index (χ4v) is 2.89. The van der Waals surface area contributed by atoms with E-state index in [9.17, 15) is 0 Å². The van der Waals surface area contributed by atoms with Crippen LogP contribution in [0.15, 0.2) is 36.4 Å². The van der Waals surface area contributed by atoms with Gasteiger partial charge >= 0.3 is 0 Å². The molecule has 2 rings (SSSR count). The number of fused-ring (bicyclic) bond motifs is 1. The number of hydrogen-bond acceptors (Lipinski definition) is 5. The molecule has 162 valence electrons. The fourth-order valence-electron chi connectivity index (χ4n) is 2.89. The van der Waals surface area contributed by atoms with Gasteiger partial charge in [0.25, 0.3) is 0 Å². The van der Waals surface area contributed by atoms with E-state index in [1.54, 1.807) is 0 Å². The normalized spacial score (nSPS) is 11.9. The predicted octanol–water partition coefficient (Wildman–Crippen LogP) is 5.24. The maximum Gasteiger partial charge on any atom is 0.127 e. The third-order valence-corrected chi connectivity index (χ3v) is 4.27. The summed E-state index contributed by atoms with van der Waals surface area (Å²) in [6, 6.07) is 12.0. The molecule has 0 aromatic heterocycles. The second-order valence-corrected chi connectivity index (χ2v) is 7.88. The van der Waals surface area contributed by atoms with E-state index in [0.29, 0.717) is 33.0 Å². The summed E-state index contributed by atoms with van der Waals surface area (Å²) in [5.74, 6) is 1.67. The van der Waals surface area contributed by atoms with Crippen LogP contribution in [0.25, 0.3) is 10.8 Å². The molecule has 0 aliphatic carbocycles. The maximum atomic E-state index is 5.98. The molecule has 5 heteroatoms. The molecule has 0 amide bonds. The molecule has 0 fully saturated rings. The largest absolute Gasteiger partial charge is 0.491 e. The van der Waals surface area contributed by atoms with Crippen LogP contribution < -0.4 is 9.47 Å². The molecule has 0 spiro atoms. The van der Waals surface area contributed by atoms with Gasteiger partial charge in [0.2, 0.25) is 0 Å². The molecule has 0 N–H and O–H groups in total. The lowest BCUT2D eigenvalue weighted by molar-refractivity contribution is -0.0776. The van der Waals surface area contributed by atoms with E-state index in [-0.39, 0.29) is 11.7 Å². The van der Waals surface area contributed by atoms with Gasteiger partial charge in [-0.15, -0.1) is 0 Å². The van der Waals surface area contributed by atoms with Crippen LogP contribution in [-0.2, 0) is 14.2 Å². The Bertz CT molecular complexity index is 726. The summed E-state index contributed by atoms with van der Waals surface area (Å²) in [5, 5.41) is 2.06. The zero-order valence-electron chi connectivity index (χ0n) is 18.5. The Morgan fingerprint density at radius 2 is 1.38 bits per heavy atom. The van der Waals surface area contributed by atoms with E-state index >= 15 is 0 Å². The second kappa shape index (κ2) is 12.0. The third-order valence-electron chi connectivity index (χ3n) is 4.27. The van der Waals surface area contributed by atoms with Crippen LogP contribution >= 0.6 is 0 Å². The van der Waals surface area contributed by atoms with Gasteiger partial charge in [-0.2, -0.15) is 0 Å². The Kier molecular flexibility index (Phi) is 9.71. The second-order valence-electron chi connectivity index (χ2n) is 7.88. The first-order chi connectivity index (χ1) is 13.9. The molecule has 0 radical (unpaired) electrons. The summed E-state index contributed by atoms with van der Waals surface area (Å²) in [7, 11) is 0. The van der Waals surface area contributed by atoms with Crippen LogP contribution in [0.3, 0.4) is 0 Å². The molecule has 0 bridgehead atoms. The molecule has 0 aliphatic rings. The minimum absolute atomic E-state index is 0.206. The highest BCUT2D eigenvalue weighted by molar-refractivity contribution is 5.93. The monoisotopic (exact) mass is 404 g/mol. The number of rotatable bonds is 14. The van der Waals surface area contributed by atoms with E-state index < -0.39 is 0 Å². The standard InChI is InChI=1S/C24H36O5/c1-6-13-29-24(4,5)18-25-14-15-27-22-11-7-10-21-20(22)9-8-12-23(21)28-17-16-26-19(2)3/h7-12,19H,6,13-18H2,1-5H3. The Morgan fingerprint density at radius 3 is 1.93 bits per heavy atom. The molecule has 5 nitrogen and oxygen atoms in total. The van der Waals surface area contributed by atoms with Gasteiger partial charge in [0.1, 0.15) is 24.7 Å². The van der Waals surface area contributed by atoms with Crippen LogP contribution in [0.2, 0.25) is 0 Å². The van der Waals surface area contributed by atoms with Crippen molar-refractivity contribution in [2.45, 2.75) is 52.7 Å². The maximum absolute atomic E-state index is 5.98. The zero-order valence-corrected chi connectivity index (χ0v) is 18.5. The Labute approximate surface area is 175 Å². The summed E-state index contributed by atoms with van der Waals surface area (Å²) in [6.07, 6.45) is 1.21. The fraction of sp³-hybridized carbons (Fsp3) is 0.583. The summed E-state index contributed by atoms with van der Waals surface area (Å²) in [4.78, 5) is 0. The summed E-state index contributed by atoms with van der Waals surface area (Å²) in [5.41, 5.74) is -0.277. The lowest BCUT2D eigenvalue weighted by Crippen LogP contribution is -2.31. The molecular formula is C24H36O5. The lowest BCUT2D eigenvalue weighted by atomic mass is 10.1. The van der Waals surface area contributed by atoms with Crippen molar-refractivity contribution in [3.05, 3.63) is 36.4 Å². The average molecular weight is 405 g/mol. The minimum atomic E-state index is -0.277. The van der Waals surface area contributed by atoms with Gasteiger partial charge in [-0.05, 0) is 46.2 Å². The Hall–Kier alpha value is -1.82. The molecule has 0 saturated heterocycles. The van der Waals surface area contributed by atoms with Gasteiger partial charge in [0.15, 0.2) is 0 Å². The zero-order chi connectivity index (χ0) is 21.1. The van der Waals surface area contributed by atoms with Crippen LogP contribution in [0, 0.1) is 0 Å². The highest BCUT2D eigenvalue weighted by Gasteiger charge is 2.18. The molecule has 0 unspecified atom stereocenters. The molecule has 0 saturated carbocycles. The van der Waals surface area contributed by atoms with Crippen LogP contribution in [0.5, 0.6) is 11.5 Å². The van der Waals surface area contributed by atoms with Gasteiger partial charge in [0, 0.05) is 17.4 Å². The molecule has 0 heterocycles. The van der Waals surface area contributed by atoms with Crippen molar-refractivity contribution in [2.75, 3.05) is 39.6 Å².